The Kier molecular flexibility index (Phi) is 3.24. The quantitative estimate of drug-likeness (QED) is 0.849. The van der Waals surface area contributed by atoms with Crippen LogP contribution in [0.15, 0.2) is 16.7 Å². The molecule has 17 heavy (non-hydrogen) atoms. The number of rotatable bonds is 3. The zero-order chi connectivity index (χ0) is 12.5. The lowest BCUT2D eigenvalue weighted by Gasteiger charge is -2.34. The van der Waals surface area contributed by atoms with Gasteiger partial charge in [0.1, 0.15) is 16.9 Å². The summed E-state index contributed by atoms with van der Waals surface area (Å²) in [4.78, 5) is 11.0. The molecule has 1 saturated carbocycles. The lowest BCUT2D eigenvalue weighted by Crippen LogP contribution is -2.34. The molecule has 1 heterocycles. The average molecular weight is 238 g/mol. The van der Waals surface area contributed by atoms with Crippen LogP contribution < -0.4 is 0 Å². The van der Waals surface area contributed by atoms with Gasteiger partial charge in [0, 0.05) is 0 Å². The third kappa shape index (κ3) is 2.22. The van der Waals surface area contributed by atoms with Crippen molar-refractivity contribution < 1.29 is 19.4 Å². The van der Waals surface area contributed by atoms with E-state index in [-0.39, 0.29) is 17.2 Å². The van der Waals surface area contributed by atoms with Crippen LogP contribution in [0.5, 0.6) is 0 Å². The number of furan rings is 1. The number of hydrogen-bond donors (Lipinski definition) is 2. The van der Waals surface area contributed by atoms with Crippen LogP contribution in [0.25, 0.3) is 0 Å². The van der Waals surface area contributed by atoms with E-state index in [2.05, 4.69) is 0 Å². The van der Waals surface area contributed by atoms with E-state index in [1.165, 1.54) is 18.8 Å². The van der Waals surface area contributed by atoms with Crippen LogP contribution in [0.4, 0.5) is 0 Å². The molecule has 0 aromatic carbocycles. The van der Waals surface area contributed by atoms with Crippen molar-refractivity contribution in [2.75, 3.05) is 0 Å². The summed E-state index contributed by atoms with van der Waals surface area (Å²) in [6.45, 7) is 1.66. The predicted molar refractivity (Wildman–Crippen MR) is 61.8 cm³/mol. The molecule has 4 nitrogen and oxygen atoms in total. The van der Waals surface area contributed by atoms with Gasteiger partial charge in [-0.1, -0.05) is 19.3 Å². The van der Waals surface area contributed by atoms with Crippen LogP contribution in [0, 0.1) is 5.92 Å². The lowest BCUT2D eigenvalue weighted by atomic mass is 9.76. The maximum Gasteiger partial charge on any atom is 0.339 e. The molecule has 0 bridgehead atoms. The second kappa shape index (κ2) is 4.53. The van der Waals surface area contributed by atoms with E-state index in [1.54, 1.807) is 6.92 Å². The zero-order valence-corrected chi connectivity index (χ0v) is 9.98. The summed E-state index contributed by atoms with van der Waals surface area (Å²) in [5.41, 5.74) is -1.11. The topological polar surface area (TPSA) is 70.7 Å². The molecule has 2 N–H and O–H groups in total. The Labute approximate surface area is 100 Å². The highest BCUT2D eigenvalue weighted by Gasteiger charge is 2.39. The maximum atomic E-state index is 11.0. The van der Waals surface area contributed by atoms with Gasteiger partial charge in [-0.25, -0.2) is 4.79 Å². The first-order valence-corrected chi connectivity index (χ1v) is 6.07. The van der Waals surface area contributed by atoms with Crippen LogP contribution >= 0.6 is 0 Å². The van der Waals surface area contributed by atoms with Gasteiger partial charge in [0.2, 0.25) is 0 Å². The first kappa shape index (κ1) is 12.2. The highest BCUT2D eigenvalue weighted by Crippen LogP contribution is 2.40. The van der Waals surface area contributed by atoms with E-state index in [9.17, 15) is 9.90 Å². The third-order valence-electron chi connectivity index (χ3n) is 3.76. The first-order valence-electron chi connectivity index (χ1n) is 6.07. The minimum atomic E-state index is -1.18. The molecule has 0 saturated heterocycles. The summed E-state index contributed by atoms with van der Waals surface area (Å²) in [6.07, 6.45) is 6.54. The molecule has 2 rings (SSSR count). The number of carbonyl (C=O) groups is 1. The molecular weight excluding hydrogens is 220 g/mol. The summed E-state index contributed by atoms with van der Waals surface area (Å²) < 4.78 is 5.21. The molecular formula is C13H18O4. The monoisotopic (exact) mass is 238 g/mol. The fraction of sp³-hybridized carbons (Fsp3) is 0.615. The SMILES string of the molecule is CC(O)(c1occc1C(=O)O)C1CCCCC1. The molecule has 1 fully saturated rings. The highest BCUT2D eigenvalue weighted by atomic mass is 16.4. The van der Waals surface area contributed by atoms with Gasteiger partial charge >= 0.3 is 5.97 Å². The van der Waals surface area contributed by atoms with Gasteiger partial charge in [-0.2, -0.15) is 0 Å². The Morgan fingerprint density at radius 1 is 1.41 bits per heavy atom. The van der Waals surface area contributed by atoms with Gasteiger partial charge in [-0.15, -0.1) is 0 Å². The number of carboxylic acid groups (broad SMARTS) is 1. The Balaban J connectivity index is 2.29. The van der Waals surface area contributed by atoms with E-state index in [1.807, 2.05) is 0 Å². The minimum absolute atomic E-state index is 0.0700. The average Bonchev–Trinajstić information content (AvgIpc) is 2.80. The fourth-order valence-electron chi connectivity index (χ4n) is 2.72. The van der Waals surface area contributed by atoms with E-state index < -0.39 is 11.6 Å². The Bertz CT molecular complexity index is 399. The van der Waals surface area contributed by atoms with E-state index in [0.717, 1.165) is 25.7 Å². The molecule has 1 aliphatic carbocycles. The van der Waals surface area contributed by atoms with Crippen molar-refractivity contribution in [3.63, 3.8) is 0 Å². The predicted octanol–water partition coefficient (Wildman–Crippen LogP) is 2.77. The number of aliphatic hydroxyl groups is 1. The Hall–Kier alpha value is -1.29. The number of hydrogen-bond acceptors (Lipinski definition) is 3. The molecule has 1 aliphatic rings. The van der Waals surface area contributed by atoms with Gasteiger partial charge < -0.3 is 14.6 Å². The van der Waals surface area contributed by atoms with Gasteiger partial charge in [-0.3, -0.25) is 0 Å². The molecule has 94 valence electrons. The van der Waals surface area contributed by atoms with E-state index in [4.69, 9.17) is 9.52 Å². The lowest BCUT2D eigenvalue weighted by molar-refractivity contribution is -0.0399. The van der Waals surface area contributed by atoms with Crippen molar-refractivity contribution in [2.24, 2.45) is 5.92 Å². The standard InChI is InChI=1S/C13H18O4/c1-13(16,9-5-3-2-4-6-9)11-10(12(14)15)7-8-17-11/h7-9,16H,2-6H2,1H3,(H,14,15). The first-order chi connectivity index (χ1) is 8.03. The summed E-state index contributed by atoms with van der Waals surface area (Å²) in [6, 6.07) is 1.40. The van der Waals surface area contributed by atoms with Crippen molar-refractivity contribution in [3.05, 3.63) is 23.7 Å². The van der Waals surface area contributed by atoms with Gasteiger partial charge in [0.05, 0.1) is 6.26 Å². The van der Waals surface area contributed by atoms with Crippen LogP contribution in [-0.4, -0.2) is 16.2 Å². The zero-order valence-electron chi connectivity index (χ0n) is 9.98. The van der Waals surface area contributed by atoms with Crippen molar-refractivity contribution in [2.45, 2.75) is 44.6 Å². The summed E-state index contributed by atoms with van der Waals surface area (Å²) in [5, 5.41) is 19.6. The number of carboxylic acids is 1. The van der Waals surface area contributed by atoms with Crippen LogP contribution in [0.1, 0.15) is 55.1 Å². The van der Waals surface area contributed by atoms with Crippen molar-refractivity contribution >= 4 is 5.97 Å². The Morgan fingerprint density at radius 3 is 2.65 bits per heavy atom. The van der Waals surface area contributed by atoms with Crippen molar-refractivity contribution in [1.29, 1.82) is 0 Å². The highest BCUT2D eigenvalue weighted by molar-refractivity contribution is 5.89. The minimum Gasteiger partial charge on any atom is -0.478 e. The van der Waals surface area contributed by atoms with E-state index in [0.29, 0.717) is 0 Å². The van der Waals surface area contributed by atoms with Crippen LogP contribution in [0.3, 0.4) is 0 Å². The number of aromatic carboxylic acids is 1. The second-order valence-electron chi connectivity index (χ2n) is 4.95. The van der Waals surface area contributed by atoms with Gasteiger partial charge in [0.25, 0.3) is 0 Å². The molecule has 0 spiro atoms. The van der Waals surface area contributed by atoms with Gasteiger partial charge in [0.15, 0.2) is 0 Å². The van der Waals surface area contributed by atoms with Gasteiger partial charge in [-0.05, 0) is 31.7 Å². The summed E-state index contributed by atoms with van der Waals surface area (Å²) >= 11 is 0. The Morgan fingerprint density at radius 2 is 2.06 bits per heavy atom. The molecule has 1 aromatic rings. The fourth-order valence-corrected chi connectivity index (χ4v) is 2.72. The molecule has 0 amide bonds. The van der Waals surface area contributed by atoms with Crippen molar-refractivity contribution in [1.82, 2.24) is 0 Å². The summed E-state index contributed by atoms with van der Waals surface area (Å²) in [5.74, 6) is -0.776. The molecule has 1 aromatic heterocycles. The van der Waals surface area contributed by atoms with Crippen molar-refractivity contribution in [3.8, 4) is 0 Å². The molecule has 1 unspecified atom stereocenters. The van der Waals surface area contributed by atoms with Crippen LogP contribution in [0.2, 0.25) is 0 Å². The molecule has 4 heteroatoms. The normalized spacial score (nSPS) is 21.1. The second-order valence-corrected chi connectivity index (χ2v) is 4.95. The molecule has 0 aliphatic heterocycles. The largest absolute Gasteiger partial charge is 0.478 e. The van der Waals surface area contributed by atoms with Crippen LogP contribution in [-0.2, 0) is 5.60 Å². The third-order valence-corrected chi connectivity index (χ3v) is 3.76. The molecule has 0 radical (unpaired) electrons. The molecule has 1 atom stereocenters. The van der Waals surface area contributed by atoms with E-state index >= 15 is 0 Å². The smallest absolute Gasteiger partial charge is 0.339 e. The summed E-state index contributed by atoms with van der Waals surface area (Å²) in [7, 11) is 0. The maximum absolute atomic E-state index is 11.0.